The second-order valence-corrected chi connectivity index (χ2v) is 4.68. The number of rotatable bonds is 4. The molecule has 5 heteroatoms. The molecule has 18 heavy (non-hydrogen) atoms. The fourth-order valence-corrected chi connectivity index (χ4v) is 2.14. The molecule has 2 aromatic rings. The van der Waals surface area contributed by atoms with E-state index < -0.39 is 4.92 Å². The van der Waals surface area contributed by atoms with Crippen molar-refractivity contribution in [3.05, 3.63) is 40.6 Å². The average Bonchev–Trinajstić information content (AvgIpc) is 3.13. The maximum absolute atomic E-state index is 11.8. The van der Waals surface area contributed by atoms with Crippen LogP contribution in [0.25, 0.3) is 10.9 Å². The molecule has 0 bridgehead atoms. The van der Waals surface area contributed by atoms with Crippen molar-refractivity contribution in [3.8, 4) is 0 Å². The van der Waals surface area contributed by atoms with E-state index in [0.29, 0.717) is 6.54 Å². The van der Waals surface area contributed by atoms with Crippen LogP contribution in [0.4, 0.5) is 5.69 Å². The minimum Gasteiger partial charge on any atom is -0.340 e. The Kier molecular flexibility index (Phi) is 2.40. The van der Waals surface area contributed by atoms with Crippen LogP contribution in [0.2, 0.25) is 0 Å². The number of hydrogen-bond acceptors (Lipinski definition) is 3. The highest BCUT2D eigenvalue weighted by Gasteiger charge is 2.29. The Hall–Kier alpha value is -2.17. The van der Waals surface area contributed by atoms with Crippen molar-refractivity contribution in [2.45, 2.75) is 19.4 Å². The fraction of sp³-hybridized carbons (Fsp3) is 0.308. The van der Waals surface area contributed by atoms with Crippen LogP contribution in [0.1, 0.15) is 12.8 Å². The zero-order valence-electron chi connectivity index (χ0n) is 9.70. The third kappa shape index (κ3) is 1.88. The normalized spacial score (nSPS) is 14.9. The van der Waals surface area contributed by atoms with Gasteiger partial charge in [0.05, 0.1) is 11.5 Å². The molecule has 0 radical (unpaired) electrons. The maximum atomic E-state index is 11.8. The number of nitro benzene ring substituents is 1. The van der Waals surface area contributed by atoms with Crippen molar-refractivity contribution in [2.24, 2.45) is 5.92 Å². The molecule has 0 amide bonds. The summed E-state index contributed by atoms with van der Waals surface area (Å²) in [6, 6.07) is 6.52. The van der Waals surface area contributed by atoms with Gasteiger partial charge in [-0.05, 0) is 25.0 Å². The lowest BCUT2D eigenvalue weighted by Gasteiger charge is -2.03. The minimum absolute atomic E-state index is 0.0776. The molecule has 1 saturated carbocycles. The molecule has 0 N–H and O–H groups in total. The lowest BCUT2D eigenvalue weighted by atomic mass is 10.2. The molecule has 5 nitrogen and oxygen atoms in total. The quantitative estimate of drug-likeness (QED) is 0.613. The van der Waals surface area contributed by atoms with E-state index in [0.717, 1.165) is 23.7 Å². The minimum atomic E-state index is -0.411. The number of aromatic nitrogens is 1. The third-order valence-corrected chi connectivity index (χ3v) is 3.32. The van der Waals surface area contributed by atoms with Gasteiger partial charge in [-0.15, -0.1) is 0 Å². The molecular weight excluding hydrogens is 232 g/mol. The first-order chi connectivity index (χ1) is 8.65. The van der Waals surface area contributed by atoms with Crippen LogP contribution in [0.3, 0.4) is 0 Å². The number of fused-ring (bicyclic) bond motifs is 1. The third-order valence-electron chi connectivity index (χ3n) is 3.32. The molecule has 1 aromatic carbocycles. The van der Waals surface area contributed by atoms with Crippen molar-refractivity contribution < 1.29 is 9.72 Å². The Bertz CT molecular complexity index is 641. The largest absolute Gasteiger partial charge is 0.340 e. The highest BCUT2D eigenvalue weighted by atomic mass is 16.6. The standard InChI is InChI=1S/C13H12N2O3/c16-13(9-1-2-9)8-14-6-5-10-7-11(15(17)18)3-4-12(10)14/h3-7,9H,1-2,8H2. The molecule has 3 rings (SSSR count). The molecule has 0 saturated heterocycles. The van der Waals surface area contributed by atoms with Gasteiger partial charge >= 0.3 is 0 Å². The molecule has 92 valence electrons. The van der Waals surface area contributed by atoms with Gasteiger partial charge in [0.25, 0.3) is 5.69 Å². The molecule has 1 aliphatic rings. The zero-order chi connectivity index (χ0) is 12.7. The van der Waals surface area contributed by atoms with Crippen LogP contribution in [-0.4, -0.2) is 15.3 Å². The van der Waals surface area contributed by atoms with Crippen molar-refractivity contribution in [3.63, 3.8) is 0 Å². The molecular formula is C13H12N2O3. The Labute approximate surface area is 103 Å². The molecule has 0 spiro atoms. The van der Waals surface area contributed by atoms with Gasteiger partial charge in [-0.3, -0.25) is 14.9 Å². The Balaban J connectivity index is 1.93. The van der Waals surface area contributed by atoms with E-state index in [9.17, 15) is 14.9 Å². The number of nitrogens with zero attached hydrogens (tertiary/aromatic N) is 2. The van der Waals surface area contributed by atoms with E-state index in [2.05, 4.69) is 0 Å². The number of ketones is 1. The summed E-state index contributed by atoms with van der Waals surface area (Å²) in [5, 5.41) is 11.5. The maximum Gasteiger partial charge on any atom is 0.270 e. The average molecular weight is 244 g/mol. The monoisotopic (exact) mass is 244 g/mol. The summed E-state index contributed by atoms with van der Waals surface area (Å²) in [4.78, 5) is 22.0. The van der Waals surface area contributed by atoms with Gasteiger partial charge in [0, 0.05) is 35.2 Å². The zero-order valence-corrected chi connectivity index (χ0v) is 9.70. The molecule has 1 aromatic heterocycles. The van der Waals surface area contributed by atoms with Gasteiger partial charge in [-0.2, -0.15) is 0 Å². The SMILES string of the molecule is O=C(Cn1ccc2cc([N+](=O)[O-])ccc21)C1CC1. The van der Waals surface area contributed by atoms with Crippen molar-refractivity contribution >= 4 is 22.4 Å². The van der Waals surface area contributed by atoms with E-state index in [1.807, 2.05) is 16.8 Å². The summed E-state index contributed by atoms with van der Waals surface area (Å²) >= 11 is 0. The number of non-ortho nitro benzene ring substituents is 1. The van der Waals surface area contributed by atoms with Gasteiger partial charge in [0.1, 0.15) is 0 Å². The molecule has 1 aliphatic carbocycles. The summed E-state index contributed by atoms with van der Waals surface area (Å²) in [6.45, 7) is 0.367. The lowest BCUT2D eigenvalue weighted by molar-refractivity contribution is -0.384. The van der Waals surface area contributed by atoms with Gasteiger partial charge in [0.15, 0.2) is 5.78 Å². The predicted molar refractivity (Wildman–Crippen MR) is 66.3 cm³/mol. The molecule has 1 heterocycles. The lowest BCUT2D eigenvalue weighted by Crippen LogP contribution is -2.10. The summed E-state index contributed by atoms with van der Waals surface area (Å²) in [6.07, 6.45) is 3.82. The number of Topliss-reactive ketones (excluding diaryl/α,β-unsaturated/α-hetero) is 1. The highest BCUT2D eigenvalue weighted by molar-refractivity contribution is 5.87. The van der Waals surface area contributed by atoms with E-state index in [4.69, 9.17) is 0 Å². The molecule has 0 unspecified atom stereocenters. The van der Waals surface area contributed by atoms with Gasteiger partial charge in [-0.1, -0.05) is 0 Å². The molecule has 1 fully saturated rings. The summed E-state index contributed by atoms with van der Waals surface area (Å²) in [5.41, 5.74) is 0.948. The van der Waals surface area contributed by atoms with Gasteiger partial charge in [-0.25, -0.2) is 0 Å². The Morgan fingerprint density at radius 2 is 2.17 bits per heavy atom. The van der Waals surface area contributed by atoms with E-state index >= 15 is 0 Å². The van der Waals surface area contributed by atoms with Crippen LogP contribution >= 0.6 is 0 Å². The van der Waals surface area contributed by atoms with Gasteiger partial charge < -0.3 is 4.57 Å². The van der Waals surface area contributed by atoms with Crippen molar-refractivity contribution in [2.75, 3.05) is 0 Å². The van der Waals surface area contributed by atoms with Crippen LogP contribution in [0.15, 0.2) is 30.5 Å². The van der Waals surface area contributed by atoms with E-state index in [1.165, 1.54) is 12.1 Å². The van der Waals surface area contributed by atoms with Crippen LogP contribution < -0.4 is 0 Å². The summed E-state index contributed by atoms with van der Waals surface area (Å²) in [7, 11) is 0. The first-order valence-electron chi connectivity index (χ1n) is 5.91. The second kappa shape index (κ2) is 3.94. The first kappa shape index (κ1) is 11.0. The van der Waals surface area contributed by atoms with Crippen LogP contribution in [0.5, 0.6) is 0 Å². The van der Waals surface area contributed by atoms with E-state index in [-0.39, 0.29) is 17.4 Å². The summed E-state index contributed by atoms with van der Waals surface area (Å²) in [5.74, 6) is 0.492. The van der Waals surface area contributed by atoms with E-state index in [1.54, 1.807) is 6.07 Å². The number of benzene rings is 1. The van der Waals surface area contributed by atoms with Gasteiger partial charge in [0.2, 0.25) is 0 Å². The molecule has 0 aliphatic heterocycles. The first-order valence-corrected chi connectivity index (χ1v) is 5.91. The molecule has 0 atom stereocenters. The Morgan fingerprint density at radius 1 is 1.39 bits per heavy atom. The number of carbonyl (C=O) groups is 1. The smallest absolute Gasteiger partial charge is 0.270 e. The summed E-state index contributed by atoms with van der Waals surface area (Å²) < 4.78 is 1.86. The fourth-order valence-electron chi connectivity index (χ4n) is 2.14. The number of hydrogen-bond donors (Lipinski definition) is 0. The predicted octanol–water partition coefficient (Wildman–Crippen LogP) is 2.53. The van der Waals surface area contributed by atoms with Crippen LogP contribution in [-0.2, 0) is 11.3 Å². The topological polar surface area (TPSA) is 65.1 Å². The second-order valence-electron chi connectivity index (χ2n) is 4.68. The Morgan fingerprint density at radius 3 is 2.83 bits per heavy atom. The van der Waals surface area contributed by atoms with Crippen molar-refractivity contribution in [1.29, 1.82) is 0 Å². The number of carbonyl (C=O) groups excluding carboxylic acids is 1. The number of nitro groups is 1. The van der Waals surface area contributed by atoms with Crippen molar-refractivity contribution in [1.82, 2.24) is 4.57 Å². The van der Waals surface area contributed by atoms with Crippen LogP contribution in [0, 0.1) is 16.0 Å². The highest BCUT2D eigenvalue weighted by Crippen LogP contribution is 2.31.